The average molecular weight is 274 g/mol. The number of benzene rings is 1. The van der Waals surface area contributed by atoms with Gasteiger partial charge in [0.05, 0.1) is 24.6 Å². The Morgan fingerprint density at radius 3 is 2.75 bits per heavy atom. The summed E-state index contributed by atoms with van der Waals surface area (Å²) in [4.78, 5) is 14.7. The molecule has 1 N–H and O–H groups in total. The molecule has 5 heteroatoms. The molecule has 2 rings (SSSR count). The summed E-state index contributed by atoms with van der Waals surface area (Å²) < 4.78 is 7.76. The number of hydrogen-bond donors (Lipinski definition) is 1. The number of rotatable bonds is 7. The summed E-state index contributed by atoms with van der Waals surface area (Å²) in [5.41, 5.74) is 1.79. The van der Waals surface area contributed by atoms with Crippen molar-refractivity contribution < 1.29 is 14.6 Å². The van der Waals surface area contributed by atoms with Crippen molar-refractivity contribution in [3.63, 3.8) is 0 Å². The maximum Gasteiger partial charge on any atom is 0.307 e. The van der Waals surface area contributed by atoms with Gasteiger partial charge in [-0.3, -0.25) is 4.79 Å². The Morgan fingerprint density at radius 1 is 1.35 bits per heavy atom. The zero-order valence-corrected chi connectivity index (χ0v) is 11.5. The predicted octanol–water partition coefficient (Wildman–Crippen LogP) is 2.50. The zero-order valence-electron chi connectivity index (χ0n) is 11.5. The third-order valence-electron chi connectivity index (χ3n) is 2.93. The molecule has 0 aliphatic heterocycles. The number of hydrogen-bond acceptors (Lipinski definition) is 3. The number of nitrogens with zero attached hydrogens (tertiary/aromatic N) is 2. The maximum atomic E-state index is 10.6. The zero-order chi connectivity index (χ0) is 14.4. The van der Waals surface area contributed by atoms with E-state index in [0.717, 1.165) is 30.0 Å². The molecule has 0 bridgehead atoms. The van der Waals surface area contributed by atoms with Crippen LogP contribution < -0.4 is 4.74 Å². The van der Waals surface area contributed by atoms with Crippen LogP contribution in [0, 0.1) is 0 Å². The molecule has 0 aliphatic carbocycles. The molecule has 1 aromatic heterocycles. The normalized spacial score (nSPS) is 10.4. The van der Waals surface area contributed by atoms with E-state index in [9.17, 15) is 4.79 Å². The first kappa shape index (κ1) is 14.1. The van der Waals surface area contributed by atoms with E-state index in [0.29, 0.717) is 6.61 Å². The minimum Gasteiger partial charge on any atom is -0.487 e. The minimum absolute atomic E-state index is 0.0313. The fourth-order valence-corrected chi connectivity index (χ4v) is 1.95. The number of carboxylic acids is 1. The van der Waals surface area contributed by atoms with Crippen LogP contribution in [0.2, 0.25) is 0 Å². The summed E-state index contributed by atoms with van der Waals surface area (Å²) in [5.74, 6) is -0.106. The number of carboxylic acid groups (broad SMARTS) is 1. The molecular formula is C15H18N2O3. The summed E-state index contributed by atoms with van der Waals surface area (Å²) in [6, 6.07) is 7.12. The van der Waals surface area contributed by atoms with Crippen LogP contribution in [0.5, 0.6) is 5.75 Å². The van der Waals surface area contributed by atoms with E-state index >= 15 is 0 Å². The van der Waals surface area contributed by atoms with Crippen LogP contribution in [-0.2, 0) is 24.4 Å². The Bertz CT molecular complexity index is 561. The Hall–Kier alpha value is -2.30. The highest BCUT2D eigenvalue weighted by atomic mass is 16.5. The van der Waals surface area contributed by atoms with Crippen molar-refractivity contribution in [1.29, 1.82) is 0 Å². The summed E-state index contributed by atoms with van der Waals surface area (Å²) in [7, 11) is 0. The van der Waals surface area contributed by atoms with Crippen molar-refractivity contribution in [3.8, 4) is 5.75 Å². The fraction of sp³-hybridized carbons (Fsp3) is 0.333. The van der Waals surface area contributed by atoms with Crippen molar-refractivity contribution >= 4 is 5.97 Å². The number of ether oxygens (including phenoxy) is 1. The molecule has 106 valence electrons. The molecule has 0 atom stereocenters. The average Bonchev–Trinajstić information content (AvgIpc) is 2.85. The third kappa shape index (κ3) is 3.85. The molecular weight excluding hydrogens is 256 g/mol. The standard InChI is InChI=1S/C15H18N2O3/c1-2-7-17-11-16-9-13(17)10-20-14-5-3-12(4-6-14)8-15(18)19/h3-6,9,11H,2,7-8,10H2,1H3,(H,18,19). The van der Waals surface area contributed by atoms with Gasteiger partial charge in [0.15, 0.2) is 0 Å². The first-order chi connectivity index (χ1) is 9.69. The van der Waals surface area contributed by atoms with Gasteiger partial charge in [-0.25, -0.2) is 4.98 Å². The van der Waals surface area contributed by atoms with Crippen molar-refractivity contribution in [2.45, 2.75) is 32.9 Å². The molecule has 0 amide bonds. The third-order valence-corrected chi connectivity index (χ3v) is 2.93. The van der Waals surface area contributed by atoms with E-state index in [4.69, 9.17) is 9.84 Å². The number of carbonyl (C=O) groups is 1. The molecule has 0 unspecified atom stereocenters. The van der Waals surface area contributed by atoms with E-state index in [2.05, 4.69) is 16.5 Å². The maximum absolute atomic E-state index is 10.6. The predicted molar refractivity (Wildman–Crippen MR) is 74.6 cm³/mol. The first-order valence-electron chi connectivity index (χ1n) is 6.61. The molecule has 2 aromatic rings. The smallest absolute Gasteiger partial charge is 0.307 e. The van der Waals surface area contributed by atoms with Gasteiger partial charge in [-0.2, -0.15) is 0 Å². The second-order valence-electron chi connectivity index (χ2n) is 4.58. The highest BCUT2D eigenvalue weighted by Gasteiger charge is 2.04. The van der Waals surface area contributed by atoms with E-state index in [1.54, 1.807) is 36.8 Å². The molecule has 0 saturated heterocycles. The van der Waals surface area contributed by atoms with Gasteiger partial charge in [0.25, 0.3) is 0 Å². The van der Waals surface area contributed by atoms with Crippen LogP contribution in [0.25, 0.3) is 0 Å². The summed E-state index contributed by atoms with van der Waals surface area (Å²) in [5, 5.41) is 8.70. The van der Waals surface area contributed by atoms with Crippen LogP contribution in [-0.4, -0.2) is 20.6 Å². The number of aryl methyl sites for hydroxylation is 1. The van der Waals surface area contributed by atoms with Gasteiger partial charge in [-0.05, 0) is 24.1 Å². The van der Waals surface area contributed by atoms with Crippen LogP contribution in [0.3, 0.4) is 0 Å². The van der Waals surface area contributed by atoms with Crippen molar-refractivity contribution in [1.82, 2.24) is 9.55 Å². The fourth-order valence-electron chi connectivity index (χ4n) is 1.95. The molecule has 0 saturated carbocycles. The molecule has 0 fully saturated rings. The van der Waals surface area contributed by atoms with Crippen molar-refractivity contribution in [2.75, 3.05) is 0 Å². The van der Waals surface area contributed by atoms with Gasteiger partial charge in [-0.1, -0.05) is 19.1 Å². The van der Waals surface area contributed by atoms with Crippen LogP contribution in [0.4, 0.5) is 0 Å². The van der Waals surface area contributed by atoms with Gasteiger partial charge in [0.1, 0.15) is 12.4 Å². The Kier molecular flexibility index (Phi) is 4.76. The summed E-state index contributed by atoms with van der Waals surface area (Å²) >= 11 is 0. The number of imidazole rings is 1. The molecule has 5 nitrogen and oxygen atoms in total. The lowest BCUT2D eigenvalue weighted by Crippen LogP contribution is -2.05. The number of aliphatic carboxylic acids is 1. The number of aromatic nitrogens is 2. The lowest BCUT2D eigenvalue weighted by molar-refractivity contribution is -0.136. The Balaban J connectivity index is 1.93. The molecule has 20 heavy (non-hydrogen) atoms. The second kappa shape index (κ2) is 6.75. The van der Waals surface area contributed by atoms with Gasteiger partial charge in [0.2, 0.25) is 0 Å². The Morgan fingerprint density at radius 2 is 2.10 bits per heavy atom. The van der Waals surface area contributed by atoms with E-state index in [-0.39, 0.29) is 6.42 Å². The van der Waals surface area contributed by atoms with Gasteiger partial charge in [0, 0.05) is 6.54 Å². The highest BCUT2D eigenvalue weighted by Crippen LogP contribution is 2.14. The van der Waals surface area contributed by atoms with Crippen molar-refractivity contribution in [2.24, 2.45) is 0 Å². The topological polar surface area (TPSA) is 64.4 Å². The van der Waals surface area contributed by atoms with Gasteiger partial charge in [-0.15, -0.1) is 0 Å². The van der Waals surface area contributed by atoms with E-state index < -0.39 is 5.97 Å². The Labute approximate surface area is 117 Å². The second-order valence-corrected chi connectivity index (χ2v) is 4.58. The largest absolute Gasteiger partial charge is 0.487 e. The lowest BCUT2D eigenvalue weighted by Gasteiger charge is -2.09. The highest BCUT2D eigenvalue weighted by molar-refractivity contribution is 5.70. The van der Waals surface area contributed by atoms with Crippen LogP contribution in [0.15, 0.2) is 36.8 Å². The molecule has 0 aliphatic rings. The monoisotopic (exact) mass is 274 g/mol. The van der Waals surface area contributed by atoms with Crippen molar-refractivity contribution in [3.05, 3.63) is 48.0 Å². The minimum atomic E-state index is -0.831. The van der Waals surface area contributed by atoms with E-state index in [1.807, 2.05) is 0 Å². The lowest BCUT2D eigenvalue weighted by atomic mass is 10.1. The van der Waals surface area contributed by atoms with E-state index in [1.165, 1.54) is 0 Å². The SMILES string of the molecule is CCCn1cncc1COc1ccc(CC(=O)O)cc1. The van der Waals surface area contributed by atoms with Gasteiger partial charge < -0.3 is 14.4 Å². The van der Waals surface area contributed by atoms with Gasteiger partial charge >= 0.3 is 5.97 Å². The summed E-state index contributed by atoms with van der Waals surface area (Å²) in [6.07, 6.45) is 4.68. The first-order valence-corrected chi connectivity index (χ1v) is 6.61. The quantitative estimate of drug-likeness (QED) is 0.842. The van der Waals surface area contributed by atoms with Crippen LogP contribution >= 0.6 is 0 Å². The van der Waals surface area contributed by atoms with Crippen LogP contribution in [0.1, 0.15) is 24.6 Å². The molecule has 1 aromatic carbocycles. The molecule has 0 spiro atoms. The molecule has 1 heterocycles. The molecule has 0 radical (unpaired) electrons. The summed E-state index contributed by atoms with van der Waals surface area (Å²) in [6.45, 7) is 3.50.